The minimum Gasteiger partial charge on any atom is -0.398 e. The number of aromatic nitrogens is 1. The number of nitrogens with two attached hydrogens (primary N) is 1. The van der Waals surface area contributed by atoms with E-state index in [2.05, 4.69) is 4.98 Å². The van der Waals surface area contributed by atoms with Crippen LogP contribution in [0.5, 0.6) is 0 Å². The van der Waals surface area contributed by atoms with E-state index in [1.807, 2.05) is 42.5 Å². The Morgan fingerprint density at radius 2 is 1.53 bits per heavy atom. The maximum Gasteiger partial charge on any atom is 0.0722 e. The fourth-order valence-electron chi connectivity index (χ4n) is 1.25. The average Bonchev–Trinajstić information content (AvgIpc) is 2.20. The molecule has 1 aromatic carbocycles. The Balaban J connectivity index is 0.000000980. The third-order valence-electron chi connectivity index (χ3n) is 1.90. The zero-order valence-electron chi connectivity index (χ0n) is 7.96. The zero-order chi connectivity index (χ0) is 9.10. The van der Waals surface area contributed by atoms with E-state index in [0.717, 1.165) is 16.9 Å². The summed E-state index contributed by atoms with van der Waals surface area (Å²) in [5.41, 5.74) is 8.48. The number of halogens is 2. The number of nitrogen functional groups attached to an aromatic ring is 1. The van der Waals surface area contributed by atoms with Crippen molar-refractivity contribution in [1.29, 1.82) is 0 Å². The molecule has 0 saturated carbocycles. The molecule has 0 radical (unpaired) electrons. The zero-order valence-corrected chi connectivity index (χ0v) is 9.59. The van der Waals surface area contributed by atoms with E-state index in [9.17, 15) is 0 Å². The lowest BCUT2D eigenvalue weighted by Gasteiger charge is -2.02. The van der Waals surface area contributed by atoms with Gasteiger partial charge in [0.05, 0.1) is 5.69 Å². The number of hydrogen-bond acceptors (Lipinski definition) is 2. The van der Waals surface area contributed by atoms with Gasteiger partial charge in [-0.1, -0.05) is 24.3 Å². The summed E-state index contributed by atoms with van der Waals surface area (Å²) in [7, 11) is 0. The van der Waals surface area contributed by atoms with Crippen molar-refractivity contribution in [2.45, 2.75) is 0 Å². The van der Waals surface area contributed by atoms with Crippen LogP contribution in [0.1, 0.15) is 0 Å². The number of anilines is 1. The van der Waals surface area contributed by atoms with Crippen LogP contribution in [0, 0.1) is 0 Å². The van der Waals surface area contributed by atoms with Crippen LogP contribution in [-0.2, 0) is 0 Å². The molecule has 0 aliphatic heterocycles. The average molecular weight is 243 g/mol. The highest BCUT2D eigenvalue weighted by Gasteiger charge is 2.00. The normalized spacial score (nSPS) is 8.53. The molecule has 2 nitrogen and oxygen atoms in total. The number of rotatable bonds is 1. The number of benzene rings is 1. The first-order valence-corrected chi connectivity index (χ1v) is 4.14. The van der Waals surface area contributed by atoms with Gasteiger partial charge in [0.1, 0.15) is 0 Å². The molecule has 0 amide bonds. The Morgan fingerprint density at radius 3 is 2.13 bits per heavy atom. The van der Waals surface area contributed by atoms with Crippen LogP contribution >= 0.6 is 24.8 Å². The first-order valence-electron chi connectivity index (χ1n) is 4.14. The fraction of sp³-hybridized carbons (Fsp3) is 0. The Labute approximate surface area is 101 Å². The van der Waals surface area contributed by atoms with Gasteiger partial charge in [0.25, 0.3) is 0 Å². The molecule has 0 aliphatic rings. The molecule has 0 spiro atoms. The molecule has 15 heavy (non-hydrogen) atoms. The van der Waals surface area contributed by atoms with Gasteiger partial charge in [-0.15, -0.1) is 24.8 Å². The van der Waals surface area contributed by atoms with Crippen molar-refractivity contribution in [1.82, 2.24) is 4.98 Å². The van der Waals surface area contributed by atoms with Gasteiger partial charge in [-0.05, 0) is 18.2 Å². The smallest absolute Gasteiger partial charge is 0.0722 e. The Morgan fingerprint density at radius 1 is 0.867 bits per heavy atom. The second-order valence-corrected chi connectivity index (χ2v) is 2.80. The van der Waals surface area contributed by atoms with Gasteiger partial charge in [0, 0.05) is 17.4 Å². The van der Waals surface area contributed by atoms with Crippen LogP contribution in [0.25, 0.3) is 11.3 Å². The molecule has 2 aromatic rings. The van der Waals surface area contributed by atoms with E-state index >= 15 is 0 Å². The van der Waals surface area contributed by atoms with E-state index in [1.165, 1.54) is 0 Å². The van der Waals surface area contributed by atoms with Crippen molar-refractivity contribution in [3.63, 3.8) is 0 Å². The maximum absolute atomic E-state index is 5.81. The second kappa shape index (κ2) is 6.27. The van der Waals surface area contributed by atoms with Crippen molar-refractivity contribution < 1.29 is 0 Å². The van der Waals surface area contributed by atoms with Gasteiger partial charge in [-0.25, -0.2) is 0 Å². The van der Waals surface area contributed by atoms with Gasteiger partial charge >= 0.3 is 0 Å². The summed E-state index contributed by atoms with van der Waals surface area (Å²) in [6.45, 7) is 0. The van der Waals surface area contributed by atoms with Crippen LogP contribution in [0.2, 0.25) is 0 Å². The molecular formula is C11H12Cl2N2. The van der Waals surface area contributed by atoms with E-state index in [4.69, 9.17) is 5.73 Å². The molecule has 1 heterocycles. The minimum atomic E-state index is 0. The Hall–Kier alpha value is -1.25. The lowest BCUT2D eigenvalue weighted by atomic mass is 10.1. The molecular weight excluding hydrogens is 231 g/mol. The van der Waals surface area contributed by atoms with E-state index in [0.29, 0.717) is 0 Å². The third-order valence-corrected chi connectivity index (χ3v) is 1.90. The molecule has 4 heteroatoms. The highest BCUT2D eigenvalue weighted by atomic mass is 35.5. The van der Waals surface area contributed by atoms with Crippen molar-refractivity contribution in [3.8, 4) is 11.3 Å². The van der Waals surface area contributed by atoms with Crippen LogP contribution in [0.15, 0.2) is 48.7 Å². The number of para-hydroxylation sites is 1. The van der Waals surface area contributed by atoms with E-state index < -0.39 is 0 Å². The van der Waals surface area contributed by atoms with Crippen LogP contribution in [0.3, 0.4) is 0 Å². The summed E-state index contributed by atoms with van der Waals surface area (Å²) in [5, 5.41) is 0. The van der Waals surface area contributed by atoms with Crippen molar-refractivity contribution in [2.75, 3.05) is 5.73 Å². The SMILES string of the molecule is Cl.Cl.Nc1ccccc1-c1ccccn1. The topological polar surface area (TPSA) is 38.9 Å². The summed E-state index contributed by atoms with van der Waals surface area (Å²) in [6.07, 6.45) is 1.77. The monoisotopic (exact) mass is 242 g/mol. The lowest BCUT2D eigenvalue weighted by Crippen LogP contribution is -1.90. The Bertz CT molecular complexity index is 404. The molecule has 0 saturated heterocycles. The molecule has 0 unspecified atom stereocenters. The van der Waals surface area contributed by atoms with Crippen LogP contribution in [0.4, 0.5) is 5.69 Å². The highest BCUT2D eigenvalue weighted by molar-refractivity contribution is 5.85. The summed E-state index contributed by atoms with van der Waals surface area (Å²) in [6, 6.07) is 13.5. The number of hydrogen-bond donors (Lipinski definition) is 1. The molecule has 80 valence electrons. The predicted octanol–water partition coefficient (Wildman–Crippen LogP) is 3.17. The minimum absolute atomic E-state index is 0. The second-order valence-electron chi connectivity index (χ2n) is 2.80. The molecule has 0 bridgehead atoms. The molecule has 0 fully saturated rings. The van der Waals surface area contributed by atoms with Crippen molar-refractivity contribution in [2.24, 2.45) is 0 Å². The number of nitrogens with zero attached hydrogens (tertiary/aromatic N) is 1. The van der Waals surface area contributed by atoms with Crippen molar-refractivity contribution >= 4 is 30.5 Å². The summed E-state index contributed by atoms with van der Waals surface area (Å²) >= 11 is 0. The van der Waals surface area contributed by atoms with Crippen LogP contribution in [-0.4, -0.2) is 4.98 Å². The summed E-state index contributed by atoms with van der Waals surface area (Å²) in [4.78, 5) is 4.23. The van der Waals surface area contributed by atoms with Gasteiger partial charge in [-0.2, -0.15) is 0 Å². The molecule has 1 aromatic heterocycles. The van der Waals surface area contributed by atoms with Gasteiger partial charge in [-0.3, -0.25) is 4.98 Å². The largest absolute Gasteiger partial charge is 0.398 e. The first-order chi connectivity index (χ1) is 6.38. The highest BCUT2D eigenvalue weighted by Crippen LogP contribution is 2.22. The van der Waals surface area contributed by atoms with E-state index in [1.54, 1.807) is 6.20 Å². The number of pyridine rings is 1. The van der Waals surface area contributed by atoms with Crippen molar-refractivity contribution in [3.05, 3.63) is 48.7 Å². The summed E-state index contributed by atoms with van der Waals surface area (Å²) < 4.78 is 0. The quantitative estimate of drug-likeness (QED) is 0.781. The maximum atomic E-state index is 5.81. The van der Waals surface area contributed by atoms with Crippen LogP contribution < -0.4 is 5.73 Å². The molecule has 0 atom stereocenters. The summed E-state index contributed by atoms with van der Waals surface area (Å²) in [5.74, 6) is 0. The van der Waals surface area contributed by atoms with Gasteiger partial charge in [0.2, 0.25) is 0 Å². The first kappa shape index (κ1) is 13.8. The Kier molecular flexibility index (Phi) is 5.75. The molecule has 0 aliphatic carbocycles. The molecule has 2 N–H and O–H groups in total. The third kappa shape index (κ3) is 3.11. The molecule has 2 rings (SSSR count). The van der Waals surface area contributed by atoms with E-state index in [-0.39, 0.29) is 24.8 Å². The fourth-order valence-corrected chi connectivity index (χ4v) is 1.25. The predicted molar refractivity (Wildman–Crippen MR) is 68.6 cm³/mol. The van der Waals surface area contributed by atoms with Gasteiger partial charge in [0.15, 0.2) is 0 Å². The lowest BCUT2D eigenvalue weighted by molar-refractivity contribution is 1.33. The van der Waals surface area contributed by atoms with Gasteiger partial charge < -0.3 is 5.73 Å². The standard InChI is InChI=1S/C11H10N2.2ClH/c12-10-6-2-1-5-9(10)11-7-3-4-8-13-11;;/h1-8H,12H2;2*1H.